The molecule has 0 saturated carbocycles. The van der Waals surface area contributed by atoms with E-state index in [4.69, 9.17) is 16.3 Å². The Hall–Kier alpha value is -4.65. The molecule has 0 bridgehead atoms. The predicted octanol–water partition coefficient (Wildman–Crippen LogP) is 7.28. The lowest BCUT2D eigenvalue weighted by Crippen LogP contribution is -2.17. The van der Waals surface area contributed by atoms with E-state index >= 15 is 0 Å². The van der Waals surface area contributed by atoms with Crippen LogP contribution in [0.5, 0.6) is 5.75 Å². The number of pyridine rings is 1. The number of H-pyrrole nitrogens is 1. The average Bonchev–Trinajstić information content (AvgIpc) is 2.95. The normalized spacial score (nSPS) is 10.8. The molecule has 5 aromatic rings. The maximum Gasteiger partial charge on any atom is 0.417 e. The molecule has 0 atom stereocenters. The predicted molar refractivity (Wildman–Crippen MR) is 157 cm³/mol. The van der Waals surface area contributed by atoms with Crippen LogP contribution in [0.25, 0.3) is 22.8 Å². The van der Waals surface area contributed by atoms with Crippen molar-refractivity contribution in [1.82, 2.24) is 19.9 Å². The molecule has 0 unspecified atom stereocenters. The molecule has 0 aliphatic carbocycles. The molecule has 1 N–H and O–H groups in total. The van der Waals surface area contributed by atoms with Crippen LogP contribution in [-0.2, 0) is 12.8 Å². The molecule has 0 saturated heterocycles. The molecule has 3 aromatic carbocycles. The number of nitrogens with zero attached hydrogens (tertiary/aromatic N) is 3. The second-order valence-corrected chi connectivity index (χ2v) is 9.33. The van der Waals surface area contributed by atoms with Gasteiger partial charge in [-0.2, -0.15) is 18.2 Å². The van der Waals surface area contributed by atoms with E-state index in [-0.39, 0.29) is 36.4 Å². The number of aromatic nitrogens is 4. The van der Waals surface area contributed by atoms with Gasteiger partial charge >= 0.3 is 11.9 Å². The van der Waals surface area contributed by atoms with Crippen molar-refractivity contribution in [3.05, 3.63) is 129 Å². The van der Waals surface area contributed by atoms with Crippen LogP contribution in [0.15, 0.2) is 89.7 Å². The number of aryl methyl sites for hydroxylation is 1. The van der Waals surface area contributed by atoms with Gasteiger partial charge in [-0.25, -0.2) is 9.78 Å². The van der Waals surface area contributed by atoms with E-state index in [9.17, 15) is 18.0 Å². The summed E-state index contributed by atoms with van der Waals surface area (Å²) >= 11 is 5.90. The Bertz CT molecular complexity index is 1830. The molecule has 6 nitrogen and oxygen atoms in total. The quantitative estimate of drug-likeness (QED) is 0.212. The summed E-state index contributed by atoms with van der Waals surface area (Å²) in [5.74, 6) is 5.55. The van der Waals surface area contributed by atoms with Gasteiger partial charge in [0.15, 0.2) is 5.82 Å². The smallest absolute Gasteiger partial charge is 0.417 e. The van der Waals surface area contributed by atoms with Crippen LogP contribution in [0.3, 0.4) is 0 Å². The van der Waals surface area contributed by atoms with Crippen molar-refractivity contribution < 1.29 is 17.9 Å². The summed E-state index contributed by atoms with van der Waals surface area (Å²) in [4.78, 5) is 27.4. The van der Waals surface area contributed by atoms with Crippen molar-refractivity contribution in [1.29, 1.82) is 0 Å². The van der Waals surface area contributed by atoms with Gasteiger partial charge in [0, 0.05) is 27.4 Å². The fourth-order valence-electron chi connectivity index (χ4n) is 3.98. The molecule has 11 heteroatoms. The number of aromatic amines is 1. The summed E-state index contributed by atoms with van der Waals surface area (Å²) < 4.78 is 48.0. The van der Waals surface area contributed by atoms with E-state index in [0.717, 1.165) is 17.3 Å². The number of rotatable bonds is 5. The first kappa shape index (κ1) is 30.3. The Morgan fingerprint density at radius 3 is 2.14 bits per heavy atom. The fraction of sp³-hybridized carbons (Fsp3) is 0.0968. The zero-order chi connectivity index (χ0) is 29.0. The van der Waals surface area contributed by atoms with Gasteiger partial charge in [-0.1, -0.05) is 35.6 Å². The van der Waals surface area contributed by atoms with Crippen LogP contribution in [0.1, 0.15) is 28.1 Å². The van der Waals surface area contributed by atoms with Crippen LogP contribution >= 0.6 is 24.0 Å². The van der Waals surface area contributed by atoms with Gasteiger partial charge in [0.1, 0.15) is 18.2 Å². The largest absolute Gasteiger partial charge is 0.487 e. The van der Waals surface area contributed by atoms with Crippen molar-refractivity contribution in [2.45, 2.75) is 19.7 Å². The molecule has 0 amide bonds. The highest BCUT2D eigenvalue weighted by Crippen LogP contribution is 2.41. The number of halogens is 5. The number of benzene rings is 3. The molecule has 5 rings (SSSR count). The topological polar surface area (TPSA) is 80.8 Å². The van der Waals surface area contributed by atoms with Gasteiger partial charge in [0.05, 0.1) is 16.8 Å². The first-order chi connectivity index (χ1) is 19.7. The Kier molecular flexibility index (Phi) is 9.31. The molecule has 0 aliphatic rings. The number of hydrogen-bond acceptors (Lipinski definition) is 5. The van der Waals surface area contributed by atoms with E-state index < -0.39 is 23.0 Å². The Morgan fingerprint density at radius 2 is 1.50 bits per heavy atom. The van der Waals surface area contributed by atoms with Crippen molar-refractivity contribution >= 4 is 24.0 Å². The maximum absolute atomic E-state index is 14.1. The minimum atomic E-state index is -4.75. The molecular formula is C31H21Cl2F3N4O2. The molecule has 2 heterocycles. The van der Waals surface area contributed by atoms with Gasteiger partial charge in [-0.05, 0) is 79.7 Å². The summed E-state index contributed by atoms with van der Waals surface area (Å²) in [6, 6.07) is 22.5. The van der Waals surface area contributed by atoms with Gasteiger partial charge in [-0.15, -0.1) is 12.4 Å². The lowest BCUT2D eigenvalue weighted by Gasteiger charge is -2.17. The summed E-state index contributed by atoms with van der Waals surface area (Å²) in [5, 5.41) is 0.608. The Labute approximate surface area is 250 Å². The molecule has 0 fully saturated rings. The standard InChI is InChI=1S/C31H20ClF3N4O2.ClH/c1-19-4-2-5-24(36-19)18-41-26-7-3-6-25(31(33,34)35)27(26)29-37-28(38-30(40)39-29)22-14-10-20(11-15-22)8-9-21-12-16-23(32)17-13-21;/h2-7,10-17H,18H2,1H3,(H,37,38,39,40);1H. The van der Waals surface area contributed by atoms with Crippen molar-refractivity contribution in [3.63, 3.8) is 0 Å². The van der Waals surface area contributed by atoms with Crippen molar-refractivity contribution in [3.8, 4) is 40.4 Å². The Morgan fingerprint density at radius 1 is 0.857 bits per heavy atom. The first-order valence-corrected chi connectivity index (χ1v) is 12.7. The summed E-state index contributed by atoms with van der Waals surface area (Å²) in [7, 11) is 0. The number of alkyl halides is 3. The summed E-state index contributed by atoms with van der Waals surface area (Å²) in [5.41, 5.74) is 0.869. The molecule has 212 valence electrons. The van der Waals surface area contributed by atoms with Crippen LogP contribution in [0.4, 0.5) is 13.2 Å². The van der Waals surface area contributed by atoms with Crippen LogP contribution < -0.4 is 10.4 Å². The third kappa shape index (κ3) is 7.35. The van der Waals surface area contributed by atoms with E-state index in [0.29, 0.717) is 21.8 Å². The molecule has 0 radical (unpaired) electrons. The minimum Gasteiger partial charge on any atom is -0.487 e. The van der Waals surface area contributed by atoms with E-state index in [1.54, 1.807) is 73.7 Å². The number of hydrogen-bond donors (Lipinski definition) is 1. The van der Waals surface area contributed by atoms with E-state index in [1.165, 1.54) is 12.1 Å². The first-order valence-electron chi connectivity index (χ1n) is 12.3. The monoisotopic (exact) mass is 608 g/mol. The second-order valence-electron chi connectivity index (χ2n) is 8.90. The second kappa shape index (κ2) is 12.9. The van der Waals surface area contributed by atoms with E-state index in [2.05, 4.69) is 31.8 Å². The third-order valence-electron chi connectivity index (χ3n) is 5.88. The van der Waals surface area contributed by atoms with Crippen molar-refractivity contribution in [2.75, 3.05) is 0 Å². The fourth-order valence-corrected chi connectivity index (χ4v) is 4.10. The highest BCUT2D eigenvalue weighted by atomic mass is 35.5. The van der Waals surface area contributed by atoms with Crippen LogP contribution in [-0.4, -0.2) is 19.9 Å². The van der Waals surface area contributed by atoms with E-state index in [1.807, 2.05) is 0 Å². The lowest BCUT2D eigenvalue weighted by atomic mass is 10.0. The summed E-state index contributed by atoms with van der Waals surface area (Å²) in [6.45, 7) is 1.71. The average molecular weight is 609 g/mol. The van der Waals surface area contributed by atoms with Gasteiger partial charge in [0.25, 0.3) is 0 Å². The molecule has 42 heavy (non-hydrogen) atoms. The maximum atomic E-state index is 14.1. The molecule has 0 spiro atoms. The zero-order valence-corrected chi connectivity index (χ0v) is 23.4. The number of ether oxygens (including phenoxy) is 1. The van der Waals surface area contributed by atoms with Gasteiger partial charge in [-0.3, -0.25) is 9.97 Å². The van der Waals surface area contributed by atoms with Crippen molar-refractivity contribution in [2.24, 2.45) is 0 Å². The Balaban J connectivity index is 0.00000405. The highest BCUT2D eigenvalue weighted by Gasteiger charge is 2.36. The summed E-state index contributed by atoms with van der Waals surface area (Å²) in [6.07, 6.45) is -4.75. The molecule has 2 aromatic heterocycles. The highest BCUT2D eigenvalue weighted by molar-refractivity contribution is 6.30. The van der Waals surface area contributed by atoms with Gasteiger partial charge < -0.3 is 4.74 Å². The van der Waals surface area contributed by atoms with Crippen LogP contribution in [0, 0.1) is 18.8 Å². The third-order valence-corrected chi connectivity index (χ3v) is 6.13. The lowest BCUT2D eigenvalue weighted by molar-refractivity contribution is -0.137. The zero-order valence-electron chi connectivity index (χ0n) is 21.9. The van der Waals surface area contributed by atoms with Gasteiger partial charge in [0.2, 0.25) is 0 Å². The molecular weight excluding hydrogens is 588 g/mol. The SMILES string of the molecule is Cc1cccc(COc2cccc(C(F)(F)F)c2-c2nc(-c3ccc(C#Cc4ccc(Cl)cc4)cc3)nc(=O)[nH]2)n1.Cl. The van der Waals surface area contributed by atoms with Crippen LogP contribution in [0.2, 0.25) is 5.02 Å². The molecule has 0 aliphatic heterocycles. The number of nitrogens with one attached hydrogen (secondary N) is 1. The minimum absolute atomic E-state index is 0.